The van der Waals surface area contributed by atoms with Gasteiger partial charge in [-0.3, -0.25) is 0 Å². The number of nitrogens with zero attached hydrogens (tertiary/aromatic N) is 2. The van der Waals surface area contributed by atoms with E-state index in [1.165, 1.54) is 5.82 Å². The third-order valence-electron chi connectivity index (χ3n) is 2.36. The van der Waals surface area contributed by atoms with E-state index in [-0.39, 0.29) is 0 Å². The van der Waals surface area contributed by atoms with Gasteiger partial charge in [-0.15, -0.1) is 0 Å². The molecule has 0 bridgehead atoms. The van der Waals surface area contributed by atoms with Crippen LogP contribution in [-0.2, 0) is 6.42 Å². The van der Waals surface area contributed by atoms with E-state index in [9.17, 15) is 0 Å². The lowest BCUT2D eigenvalue weighted by Gasteiger charge is -2.16. The number of imidazole rings is 1. The predicted molar refractivity (Wildman–Crippen MR) is 54.6 cm³/mol. The van der Waals surface area contributed by atoms with Gasteiger partial charge < -0.3 is 10.3 Å². The Kier molecular flexibility index (Phi) is 3.96. The lowest BCUT2D eigenvalue weighted by atomic mass is 10.2. The summed E-state index contributed by atoms with van der Waals surface area (Å²) < 4.78 is 2.21. The average molecular weight is 181 g/mol. The Balaban J connectivity index is 2.78. The average Bonchev–Trinajstić information content (AvgIpc) is 2.57. The van der Waals surface area contributed by atoms with Crippen molar-refractivity contribution in [1.29, 1.82) is 0 Å². The van der Waals surface area contributed by atoms with Gasteiger partial charge in [-0.05, 0) is 12.8 Å². The fourth-order valence-electron chi connectivity index (χ4n) is 1.57. The van der Waals surface area contributed by atoms with Crippen LogP contribution in [0.3, 0.4) is 0 Å². The summed E-state index contributed by atoms with van der Waals surface area (Å²) in [5, 5.41) is 0. The first-order valence-electron chi connectivity index (χ1n) is 5.05. The van der Waals surface area contributed by atoms with Gasteiger partial charge in [0.2, 0.25) is 0 Å². The first-order chi connectivity index (χ1) is 6.33. The van der Waals surface area contributed by atoms with Gasteiger partial charge in [0.25, 0.3) is 0 Å². The molecule has 3 heteroatoms. The van der Waals surface area contributed by atoms with E-state index in [4.69, 9.17) is 5.73 Å². The molecule has 0 radical (unpaired) electrons. The summed E-state index contributed by atoms with van der Waals surface area (Å²) in [6.07, 6.45) is 7.15. The summed E-state index contributed by atoms with van der Waals surface area (Å²) in [5.41, 5.74) is 5.69. The van der Waals surface area contributed by atoms with Crippen LogP contribution in [-0.4, -0.2) is 16.1 Å². The molecule has 1 atom stereocenters. The topological polar surface area (TPSA) is 43.8 Å². The van der Waals surface area contributed by atoms with Crippen LogP contribution < -0.4 is 5.73 Å². The molecule has 13 heavy (non-hydrogen) atoms. The van der Waals surface area contributed by atoms with Crippen LogP contribution in [0.1, 0.15) is 38.6 Å². The molecule has 0 spiro atoms. The van der Waals surface area contributed by atoms with Crippen LogP contribution in [0, 0.1) is 0 Å². The van der Waals surface area contributed by atoms with Gasteiger partial charge in [-0.25, -0.2) is 4.98 Å². The number of rotatable bonds is 5. The quantitative estimate of drug-likeness (QED) is 0.752. The van der Waals surface area contributed by atoms with Gasteiger partial charge in [0.05, 0.1) is 0 Å². The SMILES string of the molecule is CCCc1nccn1C(CC)CN. The van der Waals surface area contributed by atoms with Crippen molar-refractivity contribution in [3.63, 3.8) is 0 Å². The van der Waals surface area contributed by atoms with E-state index in [0.29, 0.717) is 12.6 Å². The fraction of sp³-hybridized carbons (Fsp3) is 0.700. The Hall–Kier alpha value is -0.830. The van der Waals surface area contributed by atoms with Gasteiger partial charge in [0, 0.05) is 31.4 Å². The molecule has 3 nitrogen and oxygen atoms in total. The molecule has 1 aromatic heterocycles. The highest BCUT2D eigenvalue weighted by Gasteiger charge is 2.09. The summed E-state index contributed by atoms with van der Waals surface area (Å²) >= 11 is 0. The lowest BCUT2D eigenvalue weighted by molar-refractivity contribution is 0.476. The Morgan fingerprint density at radius 2 is 2.31 bits per heavy atom. The third-order valence-corrected chi connectivity index (χ3v) is 2.36. The molecule has 0 aliphatic heterocycles. The van der Waals surface area contributed by atoms with Crippen LogP contribution in [0.25, 0.3) is 0 Å². The molecular weight excluding hydrogens is 162 g/mol. The van der Waals surface area contributed by atoms with E-state index in [0.717, 1.165) is 19.3 Å². The second-order valence-electron chi connectivity index (χ2n) is 3.30. The van der Waals surface area contributed by atoms with E-state index >= 15 is 0 Å². The van der Waals surface area contributed by atoms with Crippen LogP contribution in [0.4, 0.5) is 0 Å². The van der Waals surface area contributed by atoms with Crippen LogP contribution >= 0.6 is 0 Å². The molecular formula is C10H19N3. The first-order valence-corrected chi connectivity index (χ1v) is 5.05. The maximum Gasteiger partial charge on any atom is 0.108 e. The Labute approximate surface area is 80.0 Å². The number of nitrogens with two attached hydrogens (primary N) is 1. The van der Waals surface area contributed by atoms with Gasteiger partial charge >= 0.3 is 0 Å². The lowest BCUT2D eigenvalue weighted by Crippen LogP contribution is -2.19. The maximum atomic E-state index is 5.69. The zero-order valence-corrected chi connectivity index (χ0v) is 8.53. The monoisotopic (exact) mass is 181 g/mol. The van der Waals surface area contributed by atoms with Crippen molar-refractivity contribution in [1.82, 2.24) is 9.55 Å². The van der Waals surface area contributed by atoms with Gasteiger partial charge in [-0.1, -0.05) is 13.8 Å². The van der Waals surface area contributed by atoms with Gasteiger partial charge in [0.15, 0.2) is 0 Å². The van der Waals surface area contributed by atoms with E-state index < -0.39 is 0 Å². The normalized spacial score (nSPS) is 13.2. The Bertz CT molecular complexity index is 238. The number of hydrogen-bond acceptors (Lipinski definition) is 2. The highest BCUT2D eigenvalue weighted by Crippen LogP contribution is 2.13. The van der Waals surface area contributed by atoms with Crippen molar-refractivity contribution in [2.75, 3.05) is 6.54 Å². The van der Waals surface area contributed by atoms with Gasteiger partial charge in [0.1, 0.15) is 5.82 Å². The molecule has 1 aromatic rings. The molecule has 1 heterocycles. The second kappa shape index (κ2) is 5.02. The molecule has 0 aromatic carbocycles. The first kappa shape index (κ1) is 10.3. The molecule has 0 saturated carbocycles. The van der Waals surface area contributed by atoms with Gasteiger partial charge in [-0.2, -0.15) is 0 Å². The van der Waals surface area contributed by atoms with Crippen LogP contribution in [0.2, 0.25) is 0 Å². The van der Waals surface area contributed by atoms with E-state index in [1.807, 2.05) is 12.4 Å². The van der Waals surface area contributed by atoms with E-state index in [2.05, 4.69) is 23.4 Å². The summed E-state index contributed by atoms with van der Waals surface area (Å²) in [6.45, 7) is 5.03. The zero-order chi connectivity index (χ0) is 9.68. The smallest absolute Gasteiger partial charge is 0.108 e. The number of aryl methyl sites for hydroxylation is 1. The maximum absolute atomic E-state index is 5.69. The Morgan fingerprint density at radius 3 is 2.85 bits per heavy atom. The molecule has 0 fully saturated rings. The highest BCUT2D eigenvalue weighted by molar-refractivity contribution is 4.95. The van der Waals surface area contributed by atoms with Crippen molar-refractivity contribution >= 4 is 0 Å². The molecule has 2 N–H and O–H groups in total. The standard InChI is InChI=1S/C10H19N3/c1-3-5-10-12-6-7-13(10)9(4-2)8-11/h6-7,9H,3-5,8,11H2,1-2H3. The van der Waals surface area contributed by atoms with Crippen molar-refractivity contribution in [2.24, 2.45) is 5.73 Å². The van der Waals surface area contributed by atoms with Crippen molar-refractivity contribution in [3.05, 3.63) is 18.2 Å². The molecule has 1 rings (SSSR count). The minimum Gasteiger partial charge on any atom is -0.331 e. The predicted octanol–water partition coefficient (Wildman–Crippen LogP) is 1.75. The van der Waals surface area contributed by atoms with Crippen molar-refractivity contribution in [2.45, 2.75) is 39.2 Å². The highest BCUT2D eigenvalue weighted by atomic mass is 15.1. The van der Waals surface area contributed by atoms with Crippen LogP contribution in [0.5, 0.6) is 0 Å². The largest absolute Gasteiger partial charge is 0.331 e. The molecule has 1 unspecified atom stereocenters. The molecule has 0 saturated heterocycles. The summed E-state index contributed by atoms with van der Waals surface area (Å²) in [4.78, 5) is 4.33. The minimum absolute atomic E-state index is 0.420. The second-order valence-corrected chi connectivity index (χ2v) is 3.30. The Morgan fingerprint density at radius 1 is 1.54 bits per heavy atom. The summed E-state index contributed by atoms with van der Waals surface area (Å²) in [5.74, 6) is 1.17. The third kappa shape index (κ3) is 2.31. The fourth-order valence-corrected chi connectivity index (χ4v) is 1.57. The zero-order valence-electron chi connectivity index (χ0n) is 8.53. The van der Waals surface area contributed by atoms with E-state index in [1.54, 1.807) is 0 Å². The molecule has 74 valence electrons. The number of hydrogen-bond donors (Lipinski definition) is 1. The summed E-state index contributed by atoms with van der Waals surface area (Å²) in [6, 6.07) is 0.420. The number of aromatic nitrogens is 2. The molecule has 0 aliphatic rings. The summed E-state index contributed by atoms with van der Waals surface area (Å²) in [7, 11) is 0. The van der Waals surface area contributed by atoms with Crippen molar-refractivity contribution in [3.8, 4) is 0 Å². The van der Waals surface area contributed by atoms with Crippen LogP contribution in [0.15, 0.2) is 12.4 Å². The molecule has 0 amide bonds. The molecule has 0 aliphatic carbocycles. The van der Waals surface area contributed by atoms with Crippen molar-refractivity contribution < 1.29 is 0 Å². The minimum atomic E-state index is 0.420.